The van der Waals surface area contributed by atoms with Gasteiger partial charge < -0.3 is 86.4 Å². The van der Waals surface area contributed by atoms with Gasteiger partial charge in [-0.05, 0) is 101 Å². The highest BCUT2D eigenvalue weighted by Crippen LogP contribution is 2.58. The molecule has 28 atom stereocenters. The number of aliphatic hydroxyl groups excluding tert-OH is 1. The van der Waals surface area contributed by atoms with Crippen molar-refractivity contribution in [3.8, 4) is 0 Å². The molecule has 6 bridgehead atoms. The topological polar surface area (TPSA) is 233 Å². The summed E-state index contributed by atoms with van der Waals surface area (Å²) in [6.45, 7) is 17.4. The van der Waals surface area contributed by atoms with Crippen LogP contribution in [0.3, 0.4) is 0 Å². The monoisotopic (exact) mass is 1100 g/mol. The number of fused-ring (bicyclic) bond motifs is 4. The Morgan fingerprint density at radius 2 is 1.44 bits per heavy atom. The zero-order chi connectivity index (χ0) is 54.0. The quantitative estimate of drug-likeness (QED) is 0.147. The number of carboxylic acids is 1. The third-order valence-corrected chi connectivity index (χ3v) is 20.1. The van der Waals surface area contributed by atoms with E-state index in [0.29, 0.717) is 70.1 Å². The molecule has 14 fully saturated rings. The zero-order valence-corrected chi connectivity index (χ0v) is 45.8. The summed E-state index contributed by atoms with van der Waals surface area (Å²) in [5.74, 6) is -5.03. The second-order valence-electron chi connectivity index (χ2n) is 25.6. The van der Waals surface area contributed by atoms with Crippen LogP contribution in [-0.2, 0) is 80.6 Å². The largest absolute Gasteiger partial charge is 0.481 e. The summed E-state index contributed by atoms with van der Waals surface area (Å²) in [5, 5.41) is 33.0. The minimum Gasteiger partial charge on any atom is -0.481 e. The third-order valence-electron chi connectivity index (χ3n) is 20.1. The second-order valence-corrected chi connectivity index (χ2v) is 25.6. The van der Waals surface area contributed by atoms with E-state index >= 15 is 0 Å². The maximum Gasteiger partial charge on any atom is 0.308 e. The van der Waals surface area contributed by atoms with Crippen LogP contribution < -0.4 is 0 Å². The number of esters is 1. The molecular weight excluding hydrogens is 1020 g/mol. The molecule has 1 spiro atoms. The molecule has 14 aliphatic heterocycles. The van der Waals surface area contributed by atoms with Gasteiger partial charge in [0, 0.05) is 38.5 Å². The average molecular weight is 1100 g/mol. The maximum atomic E-state index is 13.7. The molecule has 3 N–H and O–H groups in total. The van der Waals surface area contributed by atoms with E-state index in [1.807, 2.05) is 6.92 Å². The fourth-order valence-electron chi connectivity index (χ4n) is 16.2. The number of aliphatic hydroxyl groups is 2. The summed E-state index contributed by atoms with van der Waals surface area (Å²) in [6.07, 6.45) is 2.16. The van der Waals surface area contributed by atoms with Gasteiger partial charge in [0.05, 0.1) is 111 Å². The Labute approximate surface area is 456 Å². The van der Waals surface area contributed by atoms with Gasteiger partial charge in [0.15, 0.2) is 18.2 Å². The van der Waals surface area contributed by atoms with Crippen molar-refractivity contribution >= 4 is 11.9 Å². The Hall–Kier alpha value is -2.22. The zero-order valence-electron chi connectivity index (χ0n) is 45.8. The van der Waals surface area contributed by atoms with Crippen LogP contribution in [0.15, 0.2) is 24.3 Å². The smallest absolute Gasteiger partial charge is 0.308 e. The SMILES string of the molecule is C=C1C[C@H](CC[C@]23OC4[C@@H]5O[C@H]6CC[C@H](CC(=O)O[C@H]7CO[C@H]8C[C@H]9O[C@@H](O[C@H]%10CC[C@@]%11(C[C@H](C)[C@@H]%12O[C@H](CC(=O)O)CC[C@@H]%12O%11)O[C@H]%10C)CC9OC8C7)O[C@@H]6[C@H](O2)C5OC4(O)[C@H]3O)O[C@H]1CC[C@H]1C[C@@H](C)C(=C)[C@@H](CC)O1. The van der Waals surface area contributed by atoms with E-state index in [9.17, 15) is 24.9 Å². The lowest BCUT2D eigenvalue weighted by atomic mass is 9.81. The predicted octanol–water partition coefficient (Wildman–Crippen LogP) is 5.37. The molecule has 0 aromatic heterocycles. The van der Waals surface area contributed by atoms with E-state index in [1.165, 1.54) is 5.57 Å². The van der Waals surface area contributed by atoms with E-state index < -0.39 is 90.5 Å². The molecule has 20 heteroatoms. The maximum absolute atomic E-state index is 13.7. The molecule has 0 aromatic carbocycles. The van der Waals surface area contributed by atoms with Gasteiger partial charge in [0.2, 0.25) is 11.6 Å². The Kier molecular flexibility index (Phi) is 15.1. The number of carbonyl (C=O) groups excluding carboxylic acids is 1. The number of hydrogen-bond donors (Lipinski definition) is 3. The molecule has 78 heavy (non-hydrogen) atoms. The molecule has 14 saturated heterocycles. The minimum absolute atomic E-state index is 0.00644. The lowest BCUT2D eigenvalue weighted by Gasteiger charge is -2.53. The Bertz CT molecular complexity index is 2250. The van der Waals surface area contributed by atoms with Crippen molar-refractivity contribution in [3.05, 3.63) is 24.3 Å². The van der Waals surface area contributed by atoms with Crippen molar-refractivity contribution in [2.45, 2.75) is 308 Å². The number of rotatable bonds is 14. The van der Waals surface area contributed by atoms with E-state index in [4.69, 9.17) is 71.1 Å². The van der Waals surface area contributed by atoms with Crippen molar-refractivity contribution in [2.75, 3.05) is 6.61 Å². The minimum atomic E-state index is -2.03. The molecule has 20 nitrogen and oxygen atoms in total. The molecule has 436 valence electrons. The summed E-state index contributed by atoms with van der Waals surface area (Å²) in [7, 11) is 0. The summed E-state index contributed by atoms with van der Waals surface area (Å²) in [5.41, 5.74) is 2.22. The first-order valence-electron chi connectivity index (χ1n) is 29.9. The number of ether oxygens (including phenoxy) is 15. The van der Waals surface area contributed by atoms with E-state index in [1.54, 1.807) is 0 Å². The summed E-state index contributed by atoms with van der Waals surface area (Å²) in [6, 6.07) is 0. The number of carboxylic acid groups (broad SMARTS) is 1. The van der Waals surface area contributed by atoms with Crippen molar-refractivity contribution in [1.29, 1.82) is 0 Å². The molecule has 0 aliphatic carbocycles. The van der Waals surface area contributed by atoms with Crippen molar-refractivity contribution < 1.29 is 96.0 Å². The fraction of sp³-hybridized carbons (Fsp3) is 0.897. The van der Waals surface area contributed by atoms with Crippen molar-refractivity contribution in [3.63, 3.8) is 0 Å². The molecule has 0 saturated carbocycles. The first kappa shape index (κ1) is 55.0. The van der Waals surface area contributed by atoms with Gasteiger partial charge in [0.25, 0.3) is 0 Å². The summed E-state index contributed by atoms with van der Waals surface area (Å²) < 4.78 is 97.4. The second kappa shape index (κ2) is 21.4. The van der Waals surface area contributed by atoms with Gasteiger partial charge >= 0.3 is 11.9 Å². The first-order valence-corrected chi connectivity index (χ1v) is 29.9. The molecule has 0 aromatic rings. The van der Waals surface area contributed by atoms with Crippen LogP contribution in [0.4, 0.5) is 0 Å². The predicted molar refractivity (Wildman–Crippen MR) is 269 cm³/mol. The van der Waals surface area contributed by atoms with Crippen LogP contribution in [0.1, 0.15) is 150 Å². The average Bonchev–Trinajstić information content (AvgIpc) is 4.01. The molecule has 14 aliphatic rings. The van der Waals surface area contributed by atoms with E-state index in [0.717, 1.165) is 44.1 Å². The van der Waals surface area contributed by atoms with Crippen LogP contribution in [0.25, 0.3) is 0 Å². The summed E-state index contributed by atoms with van der Waals surface area (Å²) in [4.78, 5) is 25.0. The molecule has 0 radical (unpaired) electrons. The fourth-order valence-corrected chi connectivity index (χ4v) is 16.2. The number of carbonyl (C=O) groups is 2. The lowest BCUT2D eigenvalue weighted by molar-refractivity contribution is -0.367. The van der Waals surface area contributed by atoms with Crippen LogP contribution in [0, 0.1) is 11.8 Å². The molecule has 14 rings (SSSR count). The highest BCUT2D eigenvalue weighted by Gasteiger charge is 2.79. The van der Waals surface area contributed by atoms with Crippen LogP contribution in [0.5, 0.6) is 0 Å². The normalized spacial score (nSPS) is 53.1. The first-order chi connectivity index (χ1) is 37.4. The Morgan fingerprint density at radius 1 is 0.679 bits per heavy atom. The standard InChI is InChI=1S/C58H84O20/c1-7-37-30(5)27(2)18-32(65-37)8-11-38-28(3)19-35(66-38)14-17-57-55(62)58(63)54(78-57)53-52(77-58)51(76-57)50-40(73-53)12-9-34(69-50)22-47(61)67-36-20-43-42(64-26-36)23-44-45(70-43)24-48(72-44)71-39-15-16-56(74-31(39)6)25-29(4)49-41(75-56)13-10-33(68-49)21-46(59)60/h27,29,31-45,48-55,62-63H,3,5,7-26H2,1-2,4,6H3,(H,59,60)/t27-,29+,31+,32+,33+,34-,35+,36-,37-,38+,39+,40+,41+,42+,43?,44-,45?,48-,49+,50+,51+,52?,53-,54?,55+,56-,57-,58?/m1/s1. The van der Waals surface area contributed by atoms with Gasteiger partial charge in [-0.1, -0.05) is 33.9 Å². The Balaban J connectivity index is 0.568. The molecule has 0 amide bonds. The van der Waals surface area contributed by atoms with Gasteiger partial charge in [-0.15, -0.1) is 0 Å². The van der Waals surface area contributed by atoms with Crippen LogP contribution in [-0.4, -0.2) is 192 Å². The highest BCUT2D eigenvalue weighted by atomic mass is 16.8. The van der Waals surface area contributed by atoms with E-state index in [-0.39, 0.29) is 111 Å². The van der Waals surface area contributed by atoms with E-state index in [2.05, 4.69) is 33.9 Å². The Morgan fingerprint density at radius 3 is 2.24 bits per heavy atom. The lowest BCUT2D eigenvalue weighted by Crippen LogP contribution is -2.63. The number of aliphatic carboxylic acids is 1. The number of hydrogen-bond acceptors (Lipinski definition) is 19. The van der Waals surface area contributed by atoms with Crippen molar-refractivity contribution in [1.82, 2.24) is 0 Å². The molecule has 14 heterocycles. The van der Waals surface area contributed by atoms with Gasteiger partial charge in [-0.2, -0.15) is 0 Å². The van der Waals surface area contributed by atoms with Gasteiger partial charge in [-0.25, -0.2) is 0 Å². The van der Waals surface area contributed by atoms with Crippen LogP contribution >= 0.6 is 0 Å². The highest BCUT2D eigenvalue weighted by molar-refractivity contribution is 5.70. The third kappa shape index (κ3) is 10.2. The molecule has 5 unspecified atom stereocenters. The van der Waals surface area contributed by atoms with Crippen LogP contribution in [0.2, 0.25) is 0 Å². The van der Waals surface area contributed by atoms with Gasteiger partial charge in [0.1, 0.15) is 36.6 Å². The van der Waals surface area contributed by atoms with Crippen molar-refractivity contribution in [2.24, 2.45) is 11.8 Å². The van der Waals surface area contributed by atoms with Gasteiger partial charge in [-0.3, -0.25) is 9.59 Å². The summed E-state index contributed by atoms with van der Waals surface area (Å²) >= 11 is 0. The molecular formula is C58H84O20.